The lowest BCUT2D eigenvalue weighted by atomic mass is 10.1. The third-order valence-corrected chi connectivity index (χ3v) is 2.94. The fourth-order valence-electron chi connectivity index (χ4n) is 1.93. The number of nitrogens with one attached hydrogen (secondary N) is 2. The van der Waals surface area contributed by atoms with E-state index in [0.717, 1.165) is 25.8 Å². The van der Waals surface area contributed by atoms with Crippen LogP contribution < -0.4 is 16.4 Å². The van der Waals surface area contributed by atoms with Crippen molar-refractivity contribution in [3.8, 4) is 0 Å². The number of unbranched alkanes of at least 4 members (excludes halogenated alkanes) is 1. The molecule has 0 bridgehead atoms. The maximum Gasteiger partial charge on any atom is 0.326 e. The SMILES string of the molecule is NCCCC[C@H](NC(=O)[C@H]1CCCN1)C(=O)O. The molecule has 1 amide bonds. The van der Waals surface area contributed by atoms with Crippen LogP contribution in [0.2, 0.25) is 0 Å². The predicted octanol–water partition coefficient (Wildman–Crippen LogP) is -0.563. The van der Waals surface area contributed by atoms with E-state index in [1.807, 2.05) is 0 Å². The van der Waals surface area contributed by atoms with Crippen LogP contribution in [0, 0.1) is 0 Å². The molecule has 6 nitrogen and oxygen atoms in total. The van der Waals surface area contributed by atoms with Crippen LogP contribution >= 0.6 is 0 Å². The molecule has 6 heteroatoms. The third kappa shape index (κ3) is 4.70. The standard InChI is InChI=1S/C11H21N3O3/c12-6-2-1-4-9(11(16)17)14-10(15)8-5-3-7-13-8/h8-9,13H,1-7,12H2,(H,14,15)(H,16,17)/t8-,9+/m1/s1. The lowest BCUT2D eigenvalue weighted by Crippen LogP contribution is -2.48. The van der Waals surface area contributed by atoms with Gasteiger partial charge in [0.2, 0.25) is 5.91 Å². The number of carboxylic acids is 1. The van der Waals surface area contributed by atoms with Gasteiger partial charge in [-0.05, 0) is 45.2 Å². The van der Waals surface area contributed by atoms with E-state index in [1.165, 1.54) is 0 Å². The Labute approximate surface area is 101 Å². The summed E-state index contributed by atoms with van der Waals surface area (Å²) in [6.07, 6.45) is 3.67. The van der Waals surface area contributed by atoms with E-state index >= 15 is 0 Å². The molecule has 0 aromatic rings. The largest absolute Gasteiger partial charge is 0.480 e. The van der Waals surface area contributed by atoms with E-state index in [0.29, 0.717) is 19.4 Å². The van der Waals surface area contributed by atoms with Crippen LogP contribution in [-0.2, 0) is 9.59 Å². The van der Waals surface area contributed by atoms with Crippen molar-refractivity contribution in [2.75, 3.05) is 13.1 Å². The van der Waals surface area contributed by atoms with E-state index in [4.69, 9.17) is 10.8 Å². The van der Waals surface area contributed by atoms with Crippen molar-refractivity contribution in [1.82, 2.24) is 10.6 Å². The second-order valence-electron chi connectivity index (χ2n) is 4.33. The van der Waals surface area contributed by atoms with Gasteiger partial charge in [-0.1, -0.05) is 0 Å². The predicted molar refractivity (Wildman–Crippen MR) is 63.5 cm³/mol. The first-order chi connectivity index (χ1) is 8.15. The first kappa shape index (κ1) is 13.9. The number of hydrogen-bond donors (Lipinski definition) is 4. The van der Waals surface area contributed by atoms with Crippen molar-refractivity contribution in [2.24, 2.45) is 5.73 Å². The summed E-state index contributed by atoms with van der Waals surface area (Å²) >= 11 is 0. The van der Waals surface area contributed by atoms with E-state index < -0.39 is 12.0 Å². The van der Waals surface area contributed by atoms with Crippen LogP contribution in [0.15, 0.2) is 0 Å². The van der Waals surface area contributed by atoms with Crippen LogP contribution in [0.5, 0.6) is 0 Å². The molecule has 1 saturated heterocycles. The van der Waals surface area contributed by atoms with Crippen molar-refractivity contribution in [2.45, 2.75) is 44.2 Å². The molecule has 17 heavy (non-hydrogen) atoms. The lowest BCUT2D eigenvalue weighted by molar-refractivity contribution is -0.142. The molecular formula is C11H21N3O3. The summed E-state index contributed by atoms with van der Waals surface area (Å²) in [6, 6.07) is -1.03. The topological polar surface area (TPSA) is 104 Å². The average Bonchev–Trinajstić information content (AvgIpc) is 2.81. The molecule has 0 aromatic carbocycles. The zero-order chi connectivity index (χ0) is 12.7. The van der Waals surface area contributed by atoms with Crippen LogP contribution in [-0.4, -0.2) is 42.2 Å². The van der Waals surface area contributed by atoms with Gasteiger partial charge >= 0.3 is 5.97 Å². The molecule has 0 spiro atoms. The van der Waals surface area contributed by atoms with Gasteiger partial charge < -0.3 is 21.5 Å². The van der Waals surface area contributed by atoms with Crippen molar-refractivity contribution in [1.29, 1.82) is 0 Å². The Morgan fingerprint density at radius 2 is 2.24 bits per heavy atom. The monoisotopic (exact) mass is 243 g/mol. The Balaban J connectivity index is 2.36. The number of carbonyl (C=O) groups excluding carboxylic acids is 1. The highest BCUT2D eigenvalue weighted by Crippen LogP contribution is 2.07. The average molecular weight is 243 g/mol. The van der Waals surface area contributed by atoms with Gasteiger partial charge in [0.1, 0.15) is 6.04 Å². The van der Waals surface area contributed by atoms with E-state index in [9.17, 15) is 9.59 Å². The van der Waals surface area contributed by atoms with Crippen molar-refractivity contribution < 1.29 is 14.7 Å². The first-order valence-corrected chi connectivity index (χ1v) is 6.11. The van der Waals surface area contributed by atoms with Gasteiger partial charge in [0.15, 0.2) is 0 Å². The molecular weight excluding hydrogens is 222 g/mol. The number of carbonyl (C=O) groups is 2. The highest BCUT2D eigenvalue weighted by atomic mass is 16.4. The number of carboxylic acid groups (broad SMARTS) is 1. The molecule has 5 N–H and O–H groups in total. The summed E-state index contributed by atoms with van der Waals surface area (Å²) in [5, 5.41) is 14.6. The molecule has 1 aliphatic heterocycles. The van der Waals surface area contributed by atoms with Gasteiger partial charge in [-0.15, -0.1) is 0 Å². The summed E-state index contributed by atoms with van der Waals surface area (Å²) in [7, 11) is 0. The Hall–Kier alpha value is -1.14. The molecule has 1 heterocycles. The highest BCUT2D eigenvalue weighted by molar-refractivity contribution is 5.87. The Bertz CT molecular complexity index is 265. The van der Waals surface area contributed by atoms with Gasteiger partial charge in [0, 0.05) is 0 Å². The van der Waals surface area contributed by atoms with Gasteiger partial charge in [-0.3, -0.25) is 4.79 Å². The molecule has 0 unspecified atom stereocenters. The highest BCUT2D eigenvalue weighted by Gasteiger charge is 2.26. The van der Waals surface area contributed by atoms with Crippen molar-refractivity contribution in [3.63, 3.8) is 0 Å². The molecule has 0 radical (unpaired) electrons. The van der Waals surface area contributed by atoms with Gasteiger partial charge in [-0.2, -0.15) is 0 Å². The Morgan fingerprint density at radius 1 is 1.47 bits per heavy atom. The van der Waals surface area contributed by atoms with Gasteiger partial charge in [0.05, 0.1) is 6.04 Å². The fourth-order valence-corrected chi connectivity index (χ4v) is 1.93. The summed E-state index contributed by atoms with van der Waals surface area (Å²) in [6.45, 7) is 1.37. The minimum absolute atomic E-state index is 0.206. The first-order valence-electron chi connectivity index (χ1n) is 6.11. The Morgan fingerprint density at radius 3 is 2.76 bits per heavy atom. The third-order valence-electron chi connectivity index (χ3n) is 2.94. The van der Waals surface area contributed by atoms with Gasteiger partial charge in [0.25, 0.3) is 0 Å². The minimum atomic E-state index is -0.978. The van der Waals surface area contributed by atoms with E-state index in [-0.39, 0.29) is 11.9 Å². The van der Waals surface area contributed by atoms with Crippen LogP contribution in [0.4, 0.5) is 0 Å². The van der Waals surface area contributed by atoms with Crippen LogP contribution in [0.25, 0.3) is 0 Å². The van der Waals surface area contributed by atoms with Crippen LogP contribution in [0.3, 0.4) is 0 Å². The van der Waals surface area contributed by atoms with Gasteiger partial charge in [-0.25, -0.2) is 4.79 Å². The van der Waals surface area contributed by atoms with Crippen molar-refractivity contribution >= 4 is 11.9 Å². The number of hydrogen-bond acceptors (Lipinski definition) is 4. The maximum absolute atomic E-state index is 11.7. The molecule has 98 valence electrons. The lowest BCUT2D eigenvalue weighted by Gasteiger charge is -2.17. The second kappa shape index (κ2) is 7.24. The normalized spacial score (nSPS) is 21.1. The molecule has 0 aromatic heterocycles. The Kier molecular flexibility index (Phi) is 5.93. The smallest absolute Gasteiger partial charge is 0.326 e. The molecule has 1 rings (SSSR count). The quantitative estimate of drug-likeness (QED) is 0.449. The van der Waals surface area contributed by atoms with Crippen LogP contribution in [0.1, 0.15) is 32.1 Å². The fraction of sp³-hybridized carbons (Fsp3) is 0.818. The number of rotatable bonds is 7. The second-order valence-corrected chi connectivity index (χ2v) is 4.33. The number of aliphatic carboxylic acids is 1. The summed E-state index contributed by atoms with van der Waals surface area (Å²) in [4.78, 5) is 22.7. The van der Waals surface area contributed by atoms with E-state index in [2.05, 4.69) is 10.6 Å². The summed E-state index contributed by atoms with van der Waals surface area (Å²) < 4.78 is 0. The molecule has 0 aliphatic carbocycles. The van der Waals surface area contributed by atoms with E-state index in [1.54, 1.807) is 0 Å². The molecule has 0 saturated carbocycles. The summed E-state index contributed by atoms with van der Waals surface area (Å²) in [5.74, 6) is -1.18. The minimum Gasteiger partial charge on any atom is -0.480 e. The summed E-state index contributed by atoms with van der Waals surface area (Å²) in [5.41, 5.74) is 5.35. The number of nitrogens with two attached hydrogens (primary N) is 1. The zero-order valence-electron chi connectivity index (χ0n) is 9.95. The molecule has 1 fully saturated rings. The number of amides is 1. The maximum atomic E-state index is 11.7. The van der Waals surface area contributed by atoms with Crippen molar-refractivity contribution in [3.05, 3.63) is 0 Å². The zero-order valence-corrected chi connectivity index (χ0v) is 9.95. The molecule has 2 atom stereocenters. The molecule has 1 aliphatic rings.